The first-order valence-corrected chi connectivity index (χ1v) is 17.6. The minimum atomic E-state index is -0.959. The number of carboxylic acid groups (broad SMARTS) is 1. The van der Waals surface area contributed by atoms with Crippen molar-refractivity contribution in [1.29, 1.82) is 0 Å². The van der Waals surface area contributed by atoms with Crippen molar-refractivity contribution in [3.63, 3.8) is 0 Å². The molecule has 6 rings (SSSR count). The van der Waals surface area contributed by atoms with E-state index in [1.165, 1.54) is 0 Å². The van der Waals surface area contributed by atoms with Crippen LogP contribution in [0.2, 0.25) is 5.02 Å². The second-order valence-corrected chi connectivity index (χ2v) is 13.4. The number of aromatic nitrogens is 3. The van der Waals surface area contributed by atoms with Crippen LogP contribution in [0.25, 0.3) is 27.8 Å². The van der Waals surface area contributed by atoms with Crippen LogP contribution in [0.1, 0.15) is 59.2 Å². The van der Waals surface area contributed by atoms with Crippen molar-refractivity contribution in [1.82, 2.24) is 24.7 Å². The van der Waals surface area contributed by atoms with Crippen LogP contribution in [0.15, 0.2) is 70.3 Å². The van der Waals surface area contributed by atoms with Crippen molar-refractivity contribution in [3.05, 3.63) is 93.5 Å². The molecule has 11 heteroatoms. The monoisotopic (exact) mass is 684 g/mol. The van der Waals surface area contributed by atoms with Gasteiger partial charge in [0.2, 0.25) is 0 Å². The number of aryl methyl sites for hydroxylation is 3. The second kappa shape index (κ2) is 14.9. The first-order valence-electron chi connectivity index (χ1n) is 16.2. The number of aromatic carboxylic acids is 1. The van der Waals surface area contributed by atoms with Gasteiger partial charge in [0.25, 0.3) is 0 Å². The number of nitrogens with one attached hydrogen (secondary N) is 1. The highest BCUT2D eigenvalue weighted by molar-refractivity contribution is 7.98. The van der Waals surface area contributed by atoms with Crippen LogP contribution in [-0.4, -0.2) is 56.8 Å². The summed E-state index contributed by atoms with van der Waals surface area (Å²) in [6.45, 7) is 3.93. The predicted octanol–water partition coefficient (Wildman–Crippen LogP) is 7.88. The van der Waals surface area contributed by atoms with Crippen molar-refractivity contribution in [2.45, 2.75) is 49.8 Å². The summed E-state index contributed by atoms with van der Waals surface area (Å²) >= 11 is 8.52. The van der Waals surface area contributed by atoms with Crippen LogP contribution in [0.3, 0.4) is 0 Å². The molecule has 9 nitrogen and oxygen atoms in total. The number of halogens is 1. The number of thioether (sulfide) groups is 1. The number of ether oxygens (including phenoxy) is 1. The predicted molar refractivity (Wildman–Crippen MR) is 196 cm³/mol. The third-order valence-electron chi connectivity index (χ3n) is 8.75. The molecule has 0 bridgehead atoms. The molecule has 2 aromatic heterocycles. The van der Waals surface area contributed by atoms with Crippen molar-refractivity contribution in [3.8, 4) is 5.75 Å². The zero-order chi connectivity index (χ0) is 33.8. The summed E-state index contributed by atoms with van der Waals surface area (Å²) in [4.78, 5) is 13.7. The fourth-order valence-electron chi connectivity index (χ4n) is 6.57. The molecule has 0 saturated carbocycles. The minimum absolute atomic E-state index is 0.277. The van der Waals surface area contributed by atoms with Crippen molar-refractivity contribution >= 4 is 63.3 Å². The average Bonchev–Trinajstić information content (AvgIpc) is 3.74. The number of rotatable bonds is 13. The zero-order valence-corrected chi connectivity index (χ0v) is 29.4. The first-order chi connectivity index (χ1) is 23.3. The molecule has 250 valence electrons. The summed E-state index contributed by atoms with van der Waals surface area (Å²) < 4.78 is 10.1. The number of hydrazone groups is 1. The van der Waals surface area contributed by atoms with Gasteiger partial charge in [-0.3, -0.25) is 9.69 Å². The highest BCUT2D eigenvalue weighted by Crippen LogP contribution is 2.37. The Hall–Kier alpha value is -4.25. The number of allylic oxidation sites excluding steroid dienone is 1. The van der Waals surface area contributed by atoms with Gasteiger partial charge in [-0.1, -0.05) is 41.9 Å². The van der Waals surface area contributed by atoms with E-state index in [2.05, 4.69) is 51.9 Å². The normalized spacial score (nSPS) is 14.4. The number of hydrogen-bond acceptors (Lipinski definition) is 7. The molecule has 1 aliphatic heterocycles. The topological polar surface area (TPSA) is 96.9 Å². The molecular formula is C37H41ClN6O3S. The summed E-state index contributed by atoms with van der Waals surface area (Å²) in [5, 5.41) is 28.2. The van der Waals surface area contributed by atoms with Crippen molar-refractivity contribution < 1.29 is 14.6 Å². The largest absolute Gasteiger partial charge is 0.493 e. The molecule has 0 unspecified atom stereocenters. The van der Waals surface area contributed by atoms with Gasteiger partial charge in [-0.15, -0.1) is 11.8 Å². The standard InChI is InChI=1S/C37H41ClN6O3S/c1-5-40-44-16-8-11-26(44)20-32-33(38)15-14-31-30(36(37(45)46)42(3)35(31)32)13-9-17-47-34-21-28(18-24-10-6-7-12-29(24)34)48-23-27-19-25(22-39-2)41-43(27)4/h5-7,10,12,14-15,18-21,39H,8-9,11,13,16-17,22-23H2,1-4H3,(H,45,46)/b26-20+,40-5+. The lowest BCUT2D eigenvalue weighted by Gasteiger charge is -2.14. The van der Waals surface area contributed by atoms with E-state index in [9.17, 15) is 9.90 Å². The number of carboxylic acids is 1. The van der Waals surface area contributed by atoms with Crippen LogP contribution in [-0.2, 0) is 32.8 Å². The van der Waals surface area contributed by atoms with E-state index in [0.29, 0.717) is 24.5 Å². The molecule has 0 radical (unpaired) electrons. The number of hydrogen-bond donors (Lipinski definition) is 2. The summed E-state index contributed by atoms with van der Waals surface area (Å²) in [5.41, 5.74) is 5.95. The van der Waals surface area contributed by atoms with Gasteiger partial charge in [0.15, 0.2) is 0 Å². The molecule has 48 heavy (non-hydrogen) atoms. The highest BCUT2D eigenvalue weighted by atomic mass is 35.5. The molecule has 0 aliphatic carbocycles. The van der Waals surface area contributed by atoms with E-state index in [1.54, 1.807) is 22.5 Å². The Morgan fingerprint density at radius 1 is 1.17 bits per heavy atom. The Bertz CT molecular complexity index is 2030. The molecule has 0 atom stereocenters. The Morgan fingerprint density at radius 3 is 2.79 bits per heavy atom. The summed E-state index contributed by atoms with van der Waals surface area (Å²) in [7, 11) is 5.71. The third kappa shape index (κ3) is 6.97. The van der Waals surface area contributed by atoms with Crippen molar-refractivity contribution in [2.24, 2.45) is 19.2 Å². The lowest BCUT2D eigenvalue weighted by Crippen LogP contribution is -2.10. The molecular weight excluding hydrogens is 644 g/mol. The van der Waals surface area contributed by atoms with Crippen LogP contribution in [0, 0.1) is 0 Å². The van der Waals surface area contributed by atoms with Crippen LogP contribution < -0.4 is 10.1 Å². The number of benzene rings is 3. The number of carbonyl (C=O) groups is 1. The van der Waals surface area contributed by atoms with Gasteiger partial charge in [-0.25, -0.2) is 4.79 Å². The fourth-order valence-corrected chi connectivity index (χ4v) is 7.77. The van der Waals surface area contributed by atoms with E-state index in [0.717, 1.165) is 92.2 Å². The van der Waals surface area contributed by atoms with E-state index < -0.39 is 5.97 Å². The fraction of sp³-hybridized carbons (Fsp3) is 0.324. The molecule has 1 fully saturated rings. The third-order valence-corrected chi connectivity index (χ3v) is 10.1. The van der Waals surface area contributed by atoms with Gasteiger partial charge >= 0.3 is 5.97 Å². The maximum Gasteiger partial charge on any atom is 0.352 e. The van der Waals surface area contributed by atoms with E-state index >= 15 is 0 Å². The lowest BCUT2D eigenvalue weighted by atomic mass is 10.0. The van der Waals surface area contributed by atoms with E-state index in [-0.39, 0.29) is 5.69 Å². The van der Waals surface area contributed by atoms with Crippen LogP contribution >= 0.6 is 23.4 Å². The average molecular weight is 685 g/mol. The maximum atomic E-state index is 12.6. The van der Waals surface area contributed by atoms with Gasteiger partial charge in [0, 0.05) is 76.8 Å². The Balaban J connectivity index is 1.23. The lowest BCUT2D eigenvalue weighted by molar-refractivity contribution is 0.0685. The van der Waals surface area contributed by atoms with Gasteiger partial charge in [-0.2, -0.15) is 10.2 Å². The smallest absolute Gasteiger partial charge is 0.352 e. The van der Waals surface area contributed by atoms with Gasteiger partial charge < -0.3 is 19.7 Å². The van der Waals surface area contributed by atoms with Gasteiger partial charge in [-0.05, 0) is 80.9 Å². The molecule has 0 spiro atoms. The van der Waals surface area contributed by atoms with Crippen LogP contribution in [0.4, 0.5) is 0 Å². The second-order valence-electron chi connectivity index (χ2n) is 11.9. The SMILES string of the molecule is C/C=N/N1CCC/C1=C\c1c(Cl)ccc2c(CCCOc3cc(SCc4cc(CNC)nn4C)cc4ccccc34)c(C(=O)O)n(C)c12. The zero-order valence-electron chi connectivity index (χ0n) is 27.8. The summed E-state index contributed by atoms with van der Waals surface area (Å²) in [6.07, 6.45) is 6.94. The Labute approximate surface area is 290 Å². The number of fused-ring (bicyclic) bond motifs is 2. The molecule has 3 aromatic carbocycles. The first kappa shape index (κ1) is 33.6. The van der Waals surface area contributed by atoms with Gasteiger partial charge in [0.1, 0.15) is 11.4 Å². The quantitative estimate of drug-likeness (QED) is 0.0740. The maximum absolute atomic E-state index is 12.6. The molecule has 1 saturated heterocycles. The van der Waals surface area contributed by atoms with Gasteiger partial charge in [0.05, 0.1) is 17.8 Å². The minimum Gasteiger partial charge on any atom is -0.493 e. The molecule has 1 aliphatic rings. The summed E-state index contributed by atoms with van der Waals surface area (Å²) in [6, 6.07) is 18.5. The Morgan fingerprint density at radius 2 is 2.00 bits per heavy atom. The molecule has 0 amide bonds. The van der Waals surface area contributed by atoms with E-state index in [1.807, 2.05) is 62.0 Å². The van der Waals surface area contributed by atoms with Crippen molar-refractivity contribution in [2.75, 3.05) is 20.2 Å². The summed E-state index contributed by atoms with van der Waals surface area (Å²) in [5.74, 6) is 0.653. The van der Waals surface area contributed by atoms with Crippen LogP contribution in [0.5, 0.6) is 5.75 Å². The Kier molecular flexibility index (Phi) is 10.4. The highest BCUT2D eigenvalue weighted by Gasteiger charge is 2.24. The number of nitrogens with zero attached hydrogens (tertiary/aromatic N) is 5. The molecule has 3 heterocycles. The van der Waals surface area contributed by atoms with E-state index in [4.69, 9.17) is 16.3 Å². The molecule has 2 N–H and O–H groups in total. The molecule has 5 aromatic rings.